The first kappa shape index (κ1) is 33.1. The van der Waals surface area contributed by atoms with Gasteiger partial charge in [0, 0.05) is 37.8 Å². The summed E-state index contributed by atoms with van der Waals surface area (Å²) < 4.78 is 6.44. The van der Waals surface area contributed by atoms with E-state index < -0.39 is 0 Å². The zero-order chi connectivity index (χ0) is 36.3. The summed E-state index contributed by atoms with van der Waals surface area (Å²) in [7, 11) is 0. The molecule has 1 aromatic heterocycles. The maximum atomic E-state index is 6.44. The van der Waals surface area contributed by atoms with Crippen molar-refractivity contribution in [2.24, 2.45) is 5.84 Å². The average Bonchev–Trinajstić information content (AvgIpc) is 3.63. The Morgan fingerprint density at radius 3 is 2.04 bits per heavy atom. The van der Waals surface area contributed by atoms with E-state index in [1.54, 1.807) is 11.8 Å². The zero-order valence-electron chi connectivity index (χ0n) is 29.3. The number of hydrogen-bond acceptors (Lipinski definition) is 5. The number of H-pyrrole nitrogens is 1. The number of rotatable bonds is 6. The van der Waals surface area contributed by atoms with E-state index in [1.165, 1.54) is 26.4 Å². The molecule has 2 heterocycles. The fourth-order valence-corrected chi connectivity index (χ4v) is 7.84. The number of aromatic amines is 1. The van der Waals surface area contributed by atoms with E-state index in [0.29, 0.717) is 0 Å². The summed E-state index contributed by atoms with van der Waals surface area (Å²) in [5, 5.41) is 7.05. The Morgan fingerprint density at radius 2 is 1.22 bits per heavy atom. The van der Waals surface area contributed by atoms with Gasteiger partial charge in [0.25, 0.3) is 0 Å². The van der Waals surface area contributed by atoms with Crippen LogP contribution in [0.5, 0.6) is 11.5 Å². The van der Waals surface area contributed by atoms with Crippen molar-refractivity contribution in [3.63, 3.8) is 0 Å². The van der Waals surface area contributed by atoms with E-state index in [9.17, 15) is 0 Å². The van der Waals surface area contributed by atoms with E-state index >= 15 is 0 Å². The third kappa shape index (κ3) is 6.45. The fourth-order valence-electron chi connectivity index (χ4n) is 7.07. The summed E-state index contributed by atoms with van der Waals surface area (Å²) in [6.07, 6.45) is 0. The molecule has 0 radical (unpaired) electrons. The number of benzene rings is 8. The van der Waals surface area contributed by atoms with Gasteiger partial charge in [0.1, 0.15) is 0 Å². The molecule has 0 saturated heterocycles. The molecule has 1 aliphatic rings. The number of nitrogens with one attached hydrogen (secondary N) is 2. The highest BCUT2D eigenvalue weighted by Crippen LogP contribution is 2.51. The maximum absolute atomic E-state index is 6.44. The minimum absolute atomic E-state index is 0.851. The Labute approximate surface area is 318 Å². The van der Waals surface area contributed by atoms with Crippen molar-refractivity contribution in [2.75, 3.05) is 4.90 Å². The van der Waals surface area contributed by atoms with Gasteiger partial charge in [-0.3, -0.25) is 5.84 Å². The van der Waals surface area contributed by atoms with Crippen molar-refractivity contribution in [1.82, 2.24) is 10.4 Å². The number of thioether (sulfide) groups is 1. The van der Waals surface area contributed by atoms with Crippen LogP contribution < -0.4 is 20.9 Å². The Kier molecular flexibility index (Phi) is 9.03. The molecule has 0 unspecified atom stereocenters. The van der Waals surface area contributed by atoms with E-state index in [0.717, 1.165) is 62.0 Å². The highest BCUT2D eigenvalue weighted by Gasteiger charge is 2.26. The van der Waals surface area contributed by atoms with Crippen molar-refractivity contribution in [3.05, 3.63) is 199 Å². The van der Waals surface area contributed by atoms with Crippen LogP contribution in [-0.4, -0.2) is 4.98 Å². The monoisotopic (exact) mass is 716 g/mol. The molecular formula is C48H36N4OS. The van der Waals surface area contributed by atoms with Gasteiger partial charge in [-0.25, -0.2) is 0 Å². The SMILES string of the molecule is NN/C(=C\Sc1ccccc1)c1ccccc1.c1ccc(N2c3ccccc3Oc3cc(-c4ccc5[nH]c6ccc7ccccc7c6c5c4)ccc32)cc1. The summed E-state index contributed by atoms with van der Waals surface area (Å²) >= 11 is 1.64. The lowest BCUT2D eigenvalue weighted by Gasteiger charge is -2.33. The number of para-hydroxylation sites is 3. The van der Waals surface area contributed by atoms with Gasteiger partial charge in [-0.05, 0) is 94.2 Å². The number of ether oxygens (including phenoxy) is 1. The van der Waals surface area contributed by atoms with Crippen LogP contribution in [0.25, 0.3) is 49.4 Å². The highest BCUT2D eigenvalue weighted by atomic mass is 32.2. The molecular weight excluding hydrogens is 681 g/mol. The van der Waals surface area contributed by atoms with Crippen LogP contribution in [0.2, 0.25) is 0 Å². The normalized spacial score (nSPS) is 12.1. The first-order valence-electron chi connectivity index (χ1n) is 17.9. The lowest BCUT2D eigenvalue weighted by molar-refractivity contribution is 0.477. The Morgan fingerprint density at radius 1 is 0.574 bits per heavy atom. The van der Waals surface area contributed by atoms with Gasteiger partial charge in [-0.1, -0.05) is 133 Å². The summed E-state index contributed by atoms with van der Waals surface area (Å²) in [5.41, 5.74) is 12.5. The second kappa shape index (κ2) is 14.7. The van der Waals surface area contributed by atoms with Crippen LogP contribution >= 0.6 is 11.8 Å². The average molecular weight is 717 g/mol. The number of aromatic nitrogens is 1. The molecule has 8 aromatic carbocycles. The van der Waals surface area contributed by atoms with Gasteiger partial charge >= 0.3 is 0 Å². The number of fused-ring (bicyclic) bond motifs is 7. The molecule has 1 aliphatic heterocycles. The molecule has 0 spiro atoms. The van der Waals surface area contributed by atoms with E-state index in [4.69, 9.17) is 10.6 Å². The molecule has 0 aliphatic carbocycles. The summed E-state index contributed by atoms with van der Waals surface area (Å²) in [5.74, 6) is 7.24. The molecule has 0 fully saturated rings. The summed E-state index contributed by atoms with van der Waals surface area (Å²) in [6.45, 7) is 0. The molecule has 9 aromatic rings. The third-order valence-electron chi connectivity index (χ3n) is 9.66. The molecule has 54 heavy (non-hydrogen) atoms. The Hall–Kier alpha value is -6.73. The molecule has 260 valence electrons. The standard InChI is InChI=1S/C34H22N2O.C14H14N2S/c1-2-9-25(10-3-1)36-30-12-6-7-13-32(30)37-33-21-24(16-19-31(33)36)23-15-17-28-27(20-23)34-26-11-5-4-8-22(26)14-18-29(34)35-28;15-16-14(12-7-3-1-4-8-12)11-17-13-9-5-2-6-10-13/h1-21,35H;1-11,16H,15H2/b;14-11-. The van der Waals surface area contributed by atoms with Crippen molar-refractivity contribution >= 4 is 67.1 Å². The first-order chi connectivity index (χ1) is 26.7. The minimum atomic E-state index is 0.851. The van der Waals surface area contributed by atoms with Gasteiger partial charge in [-0.2, -0.15) is 0 Å². The lowest BCUT2D eigenvalue weighted by atomic mass is 9.99. The number of anilines is 3. The van der Waals surface area contributed by atoms with Crippen LogP contribution in [0.1, 0.15) is 5.56 Å². The molecule has 0 bridgehead atoms. The van der Waals surface area contributed by atoms with Crippen LogP contribution in [0.4, 0.5) is 17.1 Å². The van der Waals surface area contributed by atoms with E-state index in [2.05, 4.69) is 137 Å². The Bertz CT molecular complexity index is 2760. The predicted molar refractivity (Wildman–Crippen MR) is 228 cm³/mol. The number of nitrogens with two attached hydrogens (primary N) is 1. The second-order valence-electron chi connectivity index (χ2n) is 13.0. The lowest BCUT2D eigenvalue weighted by Crippen LogP contribution is -2.19. The molecule has 6 heteroatoms. The van der Waals surface area contributed by atoms with Crippen LogP contribution in [0.15, 0.2) is 198 Å². The van der Waals surface area contributed by atoms with Gasteiger partial charge in [0.2, 0.25) is 0 Å². The van der Waals surface area contributed by atoms with E-state index in [1.807, 2.05) is 72.1 Å². The molecule has 0 atom stereocenters. The third-order valence-corrected chi connectivity index (χ3v) is 10.6. The van der Waals surface area contributed by atoms with Crippen LogP contribution in [0, 0.1) is 0 Å². The van der Waals surface area contributed by atoms with Crippen molar-refractivity contribution < 1.29 is 4.74 Å². The van der Waals surface area contributed by atoms with Crippen molar-refractivity contribution in [3.8, 4) is 22.6 Å². The molecule has 0 amide bonds. The second-order valence-corrected chi connectivity index (χ2v) is 13.9. The van der Waals surface area contributed by atoms with Crippen LogP contribution in [-0.2, 0) is 0 Å². The smallest absolute Gasteiger partial charge is 0.152 e. The molecule has 5 nitrogen and oxygen atoms in total. The van der Waals surface area contributed by atoms with E-state index in [-0.39, 0.29) is 0 Å². The summed E-state index contributed by atoms with van der Waals surface area (Å²) in [6, 6.07) is 65.0. The maximum Gasteiger partial charge on any atom is 0.152 e. The zero-order valence-corrected chi connectivity index (χ0v) is 30.1. The van der Waals surface area contributed by atoms with Crippen LogP contribution in [0.3, 0.4) is 0 Å². The number of hydrazine groups is 1. The predicted octanol–water partition coefficient (Wildman–Crippen LogP) is 13.0. The quantitative estimate of drug-likeness (QED) is 0.0908. The van der Waals surface area contributed by atoms with Gasteiger partial charge in [0.05, 0.1) is 17.1 Å². The highest BCUT2D eigenvalue weighted by molar-refractivity contribution is 8.02. The Balaban J connectivity index is 0.000000191. The number of hydrogen-bond donors (Lipinski definition) is 3. The summed E-state index contributed by atoms with van der Waals surface area (Å²) in [4.78, 5) is 7.06. The molecule has 4 N–H and O–H groups in total. The minimum Gasteiger partial charge on any atom is -0.453 e. The largest absolute Gasteiger partial charge is 0.453 e. The molecule has 0 saturated carbocycles. The fraction of sp³-hybridized carbons (Fsp3) is 0. The van der Waals surface area contributed by atoms with Gasteiger partial charge in [-0.15, -0.1) is 0 Å². The number of nitrogens with zero attached hydrogens (tertiary/aromatic N) is 1. The van der Waals surface area contributed by atoms with Crippen molar-refractivity contribution in [1.29, 1.82) is 0 Å². The van der Waals surface area contributed by atoms with Gasteiger partial charge in [0.15, 0.2) is 11.5 Å². The molecule has 10 rings (SSSR count). The van der Waals surface area contributed by atoms with Crippen molar-refractivity contribution in [2.45, 2.75) is 4.90 Å². The van der Waals surface area contributed by atoms with Gasteiger partial charge < -0.3 is 20.0 Å². The first-order valence-corrected chi connectivity index (χ1v) is 18.7. The topological polar surface area (TPSA) is 66.3 Å².